The molecule has 0 bridgehead atoms. The lowest BCUT2D eigenvalue weighted by Crippen LogP contribution is -2.33. The summed E-state index contributed by atoms with van der Waals surface area (Å²) in [6.45, 7) is 3.05. The lowest BCUT2D eigenvalue weighted by Gasteiger charge is -2.10. The fourth-order valence-corrected chi connectivity index (χ4v) is 2.57. The van der Waals surface area contributed by atoms with Gasteiger partial charge in [-0.25, -0.2) is 0 Å². The first-order valence-electron chi connectivity index (χ1n) is 9.21. The summed E-state index contributed by atoms with van der Waals surface area (Å²) in [4.78, 5) is 23.6. The van der Waals surface area contributed by atoms with Crippen LogP contribution in [0.5, 0.6) is 5.75 Å². The molecule has 0 saturated heterocycles. The first-order valence-corrected chi connectivity index (χ1v) is 9.21. The fourth-order valence-electron chi connectivity index (χ4n) is 2.57. The Morgan fingerprint density at radius 1 is 1.07 bits per heavy atom. The Kier molecular flexibility index (Phi) is 6.30. The van der Waals surface area contributed by atoms with Gasteiger partial charge in [0.25, 0.3) is 0 Å². The van der Waals surface area contributed by atoms with Gasteiger partial charge < -0.3 is 20.7 Å². The number of carbonyl (C=O) groups excluding carboxylic acids is 2. The summed E-state index contributed by atoms with van der Waals surface area (Å²) in [5, 5.41) is 8.76. The van der Waals surface area contributed by atoms with Crippen molar-refractivity contribution in [2.75, 3.05) is 30.3 Å². The summed E-state index contributed by atoms with van der Waals surface area (Å²) in [5.74, 6) is 0.967. The molecule has 0 unspecified atom stereocenters. The molecular formula is C21H25N3O3. The van der Waals surface area contributed by atoms with Crippen LogP contribution in [0.4, 0.5) is 11.4 Å². The topological polar surface area (TPSA) is 79.5 Å². The molecule has 2 aromatic carbocycles. The normalized spacial score (nSPS) is 12.9. The van der Waals surface area contributed by atoms with Crippen molar-refractivity contribution in [2.45, 2.75) is 19.8 Å². The van der Waals surface area contributed by atoms with E-state index in [1.54, 1.807) is 0 Å². The Hall–Kier alpha value is -3.02. The Bertz CT molecular complexity index is 786. The van der Waals surface area contributed by atoms with Gasteiger partial charge in [-0.05, 0) is 61.7 Å². The largest absolute Gasteiger partial charge is 0.492 e. The predicted molar refractivity (Wildman–Crippen MR) is 106 cm³/mol. The van der Waals surface area contributed by atoms with Crippen LogP contribution in [0, 0.1) is 12.8 Å². The molecule has 2 amide bonds. The lowest BCUT2D eigenvalue weighted by molar-refractivity contribution is -0.119. The number of hydrogen-bond acceptors (Lipinski definition) is 4. The summed E-state index contributed by atoms with van der Waals surface area (Å²) in [6.07, 6.45) is 1.97. The van der Waals surface area contributed by atoms with Gasteiger partial charge in [0.2, 0.25) is 11.8 Å². The predicted octanol–water partition coefficient (Wildman–Crippen LogP) is 2.95. The molecule has 0 heterocycles. The van der Waals surface area contributed by atoms with Crippen LogP contribution in [0.15, 0.2) is 48.5 Å². The zero-order chi connectivity index (χ0) is 19.1. The molecule has 0 aliphatic heterocycles. The van der Waals surface area contributed by atoms with Crippen LogP contribution < -0.4 is 20.7 Å². The number of nitrogens with one attached hydrogen (secondary N) is 3. The van der Waals surface area contributed by atoms with E-state index in [1.807, 2.05) is 55.5 Å². The number of anilines is 2. The molecule has 27 heavy (non-hydrogen) atoms. The molecule has 6 heteroatoms. The standard InChI is InChI=1S/C21H25N3O3/c1-15-3-2-4-19(13-15)27-12-11-22-20(25)14-23-17-7-9-18(10-8-17)24-21(26)16-5-6-16/h2-4,7-10,13,16,23H,5-6,11-12,14H2,1H3,(H,22,25)(H,24,26). The molecule has 142 valence electrons. The second-order valence-electron chi connectivity index (χ2n) is 6.71. The van der Waals surface area contributed by atoms with E-state index < -0.39 is 0 Å². The summed E-state index contributed by atoms with van der Waals surface area (Å²) < 4.78 is 5.60. The minimum Gasteiger partial charge on any atom is -0.492 e. The SMILES string of the molecule is Cc1cccc(OCCNC(=O)CNc2ccc(NC(=O)C3CC3)cc2)c1. The van der Waals surface area contributed by atoms with Gasteiger partial charge in [0.1, 0.15) is 12.4 Å². The fraction of sp³-hybridized carbons (Fsp3) is 0.333. The second kappa shape index (κ2) is 9.07. The molecule has 0 aromatic heterocycles. The monoisotopic (exact) mass is 367 g/mol. The van der Waals surface area contributed by atoms with Crippen LogP contribution in [-0.2, 0) is 9.59 Å². The highest BCUT2D eigenvalue weighted by atomic mass is 16.5. The Morgan fingerprint density at radius 3 is 2.52 bits per heavy atom. The van der Waals surface area contributed by atoms with Crippen molar-refractivity contribution < 1.29 is 14.3 Å². The number of aryl methyl sites for hydroxylation is 1. The number of carbonyl (C=O) groups is 2. The van der Waals surface area contributed by atoms with E-state index in [-0.39, 0.29) is 24.3 Å². The average molecular weight is 367 g/mol. The minimum absolute atomic E-state index is 0.0861. The molecule has 6 nitrogen and oxygen atoms in total. The van der Waals surface area contributed by atoms with Gasteiger partial charge in [-0.1, -0.05) is 12.1 Å². The lowest BCUT2D eigenvalue weighted by atomic mass is 10.2. The molecule has 0 radical (unpaired) electrons. The summed E-state index contributed by atoms with van der Waals surface area (Å²) in [7, 11) is 0. The summed E-state index contributed by atoms with van der Waals surface area (Å²) >= 11 is 0. The first kappa shape index (κ1) is 18.8. The number of benzene rings is 2. The maximum atomic E-state index is 11.9. The number of ether oxygens (including phenoxy) is 1. The van der Waals surface area contributed by atoms with E-state index in [1.165, 1.54) is 0 Å². The summed E-state index contributed by atoms with van der Waals surface area (Å²) in [5.41, 5.74) is 2.74. The Labute approximate surface area is 159 Å². The molecule has 1 fully saturated rings. The highest BCUT2D eigenvalue weighted by Gasteiger charge is 2.29. The Balaban J connectivity index is 1.32. The molecule has 0 spiro atoms. The Morgan fingerprint density at radius 2 is 1.81 bits per heavy atom. The summed E-state index contributed by atoms with van der Waals surface area (Å²) in [6, 6.07) is 15.1. The zero-order valence-electron chi connectivity index (χ0n) is 15.5. The van der Waals surface area contributed by atoms with Crippen molar-refractivity contribution in [2.24, 2.45) is 5.92 Å². The van der Waals surface area contributed by atoms with Gasteiger partial charge in [0.15, 0.2) is 0 Å². The van der Waals surface area contributed by atoms with Crippen LogP contribution in [0.3, 0.4) is 0 Å². The van der Waals surface area contributed by atoms with Crippen molar-refractivity contribution in [3.63, 3.8) is 0 Å². The van der Waals surface area contributed by atoms with Crippen LogP contribution in [0.2, 0.25) is 0 Å². The third kappa shape index (κ3) is 6.33. The van der Waals surface area contributed by atoms with E-state index in [0.29, 0.717) is 13.2 Å². The molecule has 0 atom stereocenters. The molecule has 2 aromatic rings. The number of amides is 2. The zero-order valence-corrected chi connectivity index (χ0v) is 15.5. The van der Waals surface area contributed by atoms with Crippen molar-refractivity contribution in [3.8, 4) is 5.75 Å². The van der Waals surface area contributed by atoms with Crippen molar-refractivity contribution in [3.05, 3.63) is 54.1 Å². The first-order chi connectivity index (χ1) is 13.1. The highest BCUT2D eigenvalue weighted by molar-refractivity contribution is 5.94. The average Bonchev–Trinajstić information content (AvgIpc) is 3.50. The third-order valence-electron chi connectivity index (χ3n) is 4.24. The molecule has 3 N–H and O–H groups in total. The van der Waals surface area contributed by atoms with Crippen molar-refractivity contribution >= 4 is 23.2 Å². The maximum Gasteiger partial charge on any atom is 0.239 e. The van der Waals surface area contributed by atoms with Gasteiger partial charge in [-0.15, -0.1) is 0 Å². The number of hydrogen-bond donors (Lipinski definition) is 3. The van der Waals surface area contributed by atoms with Gasteiger partial charge in [0.05, 0.1) is 13.1 Å². The van der Waals surface area contributed by atoms with Gasteiger partial charge in [0, 0.05) is 17.3 Å². The molecular weight excluding hydrogens is 342 g/mol. The highest BCUT2D eigenvalue weighted by Crippen LogP contribution is 2.30. The van der Waals surface area contributed by atoms with Gasteiger partial charge in [-0.3, -0.25) is 9.59 Å². The quantitative estimate of drug-likeness (QED) is 0.596. The van der Waals surface area contributed by atoms with E-state index in [4.69, 9.17) is 4.74 Å². The second-order valence-corrected chi connectivity index (χ2v) is 6.71. The maximum absolute atomic E-state index is 11.9. The van der Waals surface area contributed by atoms with Gasteiger partial charge in [-0.2, -0.15) is 0 Å². The van der Waals surface area contributed by atoms with Crippen molar-refractivity contribution in [1.29, 1.82) is 0 Å². The molecule has 1 aliphatic carbocycles. The minimum atomic E-state index is -0.103. The third-order valence-corrected chi connectivity index (χ3v) is 4.24. The van der Waals surface area contributed by atoms with E-state index in [0.717, 1.165) is 35.5 Å². The molecule has 3 rings (SSSR count). The van der Waals surface area contributed by atoms with E-state index >= 15 is 0 Å². The van der Waals surface area contributed by atoms with Crippen LogP contribution in [-0.4, -0.2) is 31.5 Å². The van der Waals surface area contributed by atoms with Crippen LogP contribution in [0.1, 0.15) is 18.4 Å². The van der Waals surface area contributed by atoms with Crippen molar-refractivity contribution in [1.82, 2.24) is 5.32 Å². The number of rotatable bonds is 9. The van der Waals surface area contributed by atoms with E-state index in [9.17, 15) is 9.59 Å². The molecule has 1 aliphatic rings. The van der Waals surface area contributed by atoms with Crippen LogP contribution in [0.25, 0.3) is 0 Å². The van der Waals surface area contributed by atoms with Gasteiger partial charge >= 0.3 is 0 Å². The smallest absolute Gasteiger partial charge is 0.239 e. The molecule has 1 saturated carbocycles. The van der Waals surface area contributed by atoms with E-state index in [2.05, 4.69) is 16.0 Å². The van der Waals surface area contributed by atoms with Crippen LogP contribution >= 0.6 is 0 Å².